The van der Waals surface area contributed by atoms with Gasteiger partial charge >= 0.3 is 0 Å². The average molecular weight is 406 g/mol. The van der Waals surface area contributed by atoms with Crippen LogP contribution >= 0.6 is 0 Å². The number of carbonyl (C=O) groups excluding carboxylic acids is 1. The van der Waals surface area contributed by atoms with Crippen LogP contribution < -0.4 is 10.1 Å². The van der Waals surface area contributed by atoms with Crippen LogP contribution in [0.2, 0.25) is 0 Å². The summed E-state index contributed by atoms with van der Waals surface area (Å²) in [5.41, 5.74) is 2.79. The van der Waals surface area contributed by atoms with Crippen molar-refractivity contribution in [3.63, 3.8) is 0 Å². The zero-order chi connectivity index (χ0) is 20.8. The highest BCUT2D eigenvalue weighted by molar-refractivity contribution is 6.00. The third-order valence-corrected chi connectivity index (χ3v) is 5.16. The fraction of sp³-hybridized carbons (Fsp3) is 0.304. The Labute approximate surface area is 176 Å². The first-order valence-corrected chi connectivity index (χ1v) is 10.1. The monoisotopic (exact) mass is 406 g/mol. The fourth-order valence-electron chi connectivity index (χ4n) is 3.54. The SMILES string of the molecule is COc1ccccc1-c1nn(-c2ccccc2)cc1C(=O)NCCN1CCOCC1. The maximum Gasteiger partial charge on any atom is 0.255 e. The first-order chi connectivity index (χ1) is 14.8. The van der Waals surface area contributed by atoms with E-state index < -0.39 is 0 Å². The molecule has 1 aromatic heterocycles. The molecular formula is C23H26N4O3. The summed E-state index contributed by atoms with van der Waals surface area (Å²) < 4.78 is 12.6. The van der Waals surface area contributed by atoms with E-state index in [0.29, 0.717) is 23.6 Å². The zero-order valence-corrected chi connectivity index (χ0v) is 17.1. The molecule has 2 aromatic carbocycles. The number of ether oxygens (including phenoxy) is 2. The van der Waals surface area contributed by atoms with Gasteiger partial charge in [-0.3, -0.25) is 9.69 Å². The van der Waals surface area contributed by atoms with Gasteiger partial charge in [0.05, 0.1) is 31.6 Å². The van der Waals surface area contributed by atoms with Crippen molar-refractivity contribution in [1.29, 1.82) is 0 Å². The van der Waals surface area contributed by atoms with Crippen LogP contribution in [0.4, 0.5) is 0 Å². The smallest absolute Gasteiger partial charge is 0.255 e. The maximum atomic E-state index is 13.1. The second-order valence-corrected chi connectivity index (χ2v) is 7.08. The number of methoxy groups -OCH3 is 1. The second-order valence-electron chi connectivity index (χ2n) is 7.08. The molecule has 0 radical (unpaired) electrons. The van der Waals surface area contributed by atoms with E-state index in [1.165, 1.54) is 0 Å². The summed E-state index contributed by atoms with van der Waals surface area (Å²) >= 11 is 0. The molecule has 1 amide bonds. The predicted octanol–water partition coefficient (Wildman–Crippen LogP) is 2.61. The van der Waals surface area contributed by atoms with E-state index in [1.54, 1.807) is 18.0 Å². The number of carbonyl (C=O) groups is 1. The molecule has 156 valence electrons. The van der Waals surface area contributed by atoms with Crippen molar-refractivity contribution in [3.8, 4) is 22.7 Å². The molecule has 4 rings (SSSR count). The first kappa shape index (κ1) is 20.1. The largest absolute Gasteiger partial charge is 0.496 e. The van der Waals surface area contributed by atoms with Crippen LogP contribution in [0.25, 0.3) is 16.9 Å². The Kier molecular flexibility index (Phi) is 6.41. The third-order valence-electron chi connectivity index (χ3n) is 5.16. The molecule has 0 bridgehead atoms. The lowest BCUT2D eigenvalue weighted by molar-refractivity contribution is 0.0383. The van der Waals surface area contributed by atoms with E-state index in [0.717, 1.165) is 44.1 Å². The van der Waals surface area contributed by atoms with Gasteiger partial charge in [-0.2, -0.15) is 5.10 Å². The number of para-hydroxylation sites is 2. The second kappa shape index (κ2) is 9.56. The molecule has 1 N–H and O–H groups in total. The Balaban J connectivity index is 1.60. The summed E-state index contributed by atoms with van der Waals surface area (Å²) in [6.07, 6.45) is 1.78. The van der Waals surface area contributed by atoms with E-state index in [1.807, 2.05) is 54.6 Å². The molecule has 0 aliphatic carbocycles. The van der Waals surface area contributed by atoms with Crippen LogP contribution in [-0.2, 0) is 4.74 Å². The molecule has 1 fully saturated rings. The van der Waals surface area contributed by atoms with Crippen molar-refractivity contribution in [2.75, 3.05) is 46.5 Å². The van der Waals surface area contributed by atoms with Gasteiger partial charge in [0.25, 0.3) is 5.91 Å². The number of benzene rings is 2. The fourth-order valence-corrected chi connectivity index (χ4v) is 3.54. The molecule has 1 aliphatic heterocycles. The molecule has 3 aromatic rings. The Bertz CT molecular complexity index is 981. The molecule has 0 atom stereocenters. The van der Waals surface area contributed by atoms with Crippen molar-refractivity contribution in [1.82, 2.24) is 20.0 Å². The van der Waals surface area contributed by atoms with Crippen molar-refractivity contribution in [3.05, 3.63) is 66.4 Å². The normalized spacial score (nSPS) is 14.4. The number of rotatable bonds is 7. The lowest BCUT2D eigenvalue weighted by Gasteiger charge is -2.26. The number of aromatic nitrogens is 2. The molecule has 1 saturated heterocycles. The Hall–Kier alpha value is -3.16. The highest BCUT2D eigenvalue weighted by atomic mass is 16.5. The van der Waals surface area contributed by atoms with Crippen LogP contribution in [0.15, 0.2) is 60.8 Å². The van der Waals surface area contributed by atoms with Gasteiger partial charge in [0.2, 0.25) is 0 Å². The quantitative estimate of drug-likeness (QED) is 0.653. The van der Waals surface area contributed by atoms with Gasteiger partial charge in [-0.15, -0.1) is 0 Å². The molecule has 7 nitrogen and oxygen atoms in total. The van der Waals surface area contributed by atoms with Gasteiger partial charge in [-0.1, -0.05) is 30.3 Å². The molecular weight excluding hydrogens is 380 g/mol. The highest BCUT2D eigenvalue weighted by Crippen LogP contribution is 2.31. The van der Waals surface area contributed by atoms with E-state index in [9.17, 15) is 4.79 Å². The number of hydrogen-bond donors (Lipinski definition) is 1. The summed E-state index contributed by atoms with van der Waals surface area (Å²) in [5, 5.41) is 7.77. The van der Waals surface area contributed by atoms with Gasteiger partial charge < -0.3 is 14.8 Å². The maximum absolute atomic E-state index is 13.1. The van der Waals surface area contributed by atoms with E-state index in [4.69, 9.17) is 14.6 Å². The highest BCUT2D eigenvalue weighted by Gasteiger charge is 2.21. The van der Waals surface area contributed by atoms with E-state index in [2.05, 4.69) is 10.2 Å². The van der Waals surface area contributed by atoms with Crippen LogP contribution in [-0.4, -0.2) is 67.1 Å². The molecule has 1 aliphatic rings. The van der Waals surface area contributed by atoms with Crippen LogP contribution in [0, 0.1) is 0 Å². The predicted molar refractivity (Wildman–Crippen MR) is 115 cm³/mol. The summed E-state index contributed by atoms with van der Waals surface area (Å²) in [5.74, 6) is 0.532. The van der Waals surface area contributed by atoms with Gasteiger partial charge in [-0.25, -0.2) is 4.68 Å². The van der Waals surface area contributed by atoms with Crippen molar-refractivity contribution >= 4 is 5.91 Å². The molecule has 30 heavy (non-hydrogen) atoms. The number of hydrogen-bond acceptors (Lipinski definition) is 5. The average Bonchev–Trinajstić information content (AvgIpc) is 3.26. The molecule has 0 spiro atoms. The summed E-state index contributed by atoms with van der Waals surface area (Å²) in [7, 11) is 1.62. The lowest BCUT2D eigenvalue weighted by atomic mass is 10.1. The number of nitrogens with zero attached hydrogens (tertiary/aromatic N) is 3. The zero-order valence-electron chi connectivity index (χ0n) is 17.1. The lowest BCUT2D eigenvalue weighted by Crippen LogP contribution is -2.41. The molecule has 7 heteroatoms. The summed E-state index contributed by atoms with van der Waals surface area (Å²) in [6, 6.07) is 17.4. The van der Waals surface area contributed by atoms with Gasteiger partial charge in [0.15, 0.2) is 0 Å². The van der Waals surface area contributed by atoms with Gasteiger partial charge in [0, 0.05) is 37.9 Å². The van der Waals surface area contributed by atoms with E-state index >= 15 is 0 Å². The third kappa shape index (κ3) is 4.53. The summed E-state index contributed by atoms with van der Waals surface area (Å²) in [6.45, 7) is 4.65. The van der Waals surface area contributed by atoms with Crippen molar-refractivity contribution in [2.45, 2.75) is 0 Å². The minimum Gasteiger partial charge on any atom is -0.496 e. The Morgan fingerprint density at radius 1 is 1.10 bits per heavy atom. The minimum atomic E-state index is -0.147. The molecule has 2 heterocycles. The topological polar surface area (TPSA) is 68.6 Å². The first-order valence-electron chi connectivity index (χ1n) is 10.1. The number of nitrogens with one attached hydrogen (secondary N) is 1. The molecule has 0 saturated carbocycles. The van der Waals surface area contributed by atoms with Crippen molar-refractivity contribution in [2.24, 2.45) is 0 Å². The standard InChI is InChI=1S/C23H26N4O3/c1-29-21-10-6-5-9-19(21)22-20(17-27(25-22)18-7-3-2-4-8-18)23(28)24-11-12-26-13-15-30-16-14-26/h2-10,17H,11-16H2,1H3,(H,24,28). The van der Waals surface area contributed by atoms with E-state index in [-0.39, 0.29) is 5.91 Å². The number of amides is 1. The van der Waals surface area contributed by atoms with Crippen molar-refractivity contribution < 1.29 is 14.3 Å². The van der Waals surface area contributed by atoms with Crippen LogP contribution in [0.3, 0.4) is 0 Å². The van der Waals surface area contributed by atoms with Crippen LogP contribution in [0.5, 0.6) is 5.75 Å². The number of morpholine rings is 1. The molecule has 0 unspecified atom stereocenters. The summed E-state index contributed by atoms with van der Waals surface area (Å²) in [4.78, 5) is 15.4. The van der Waals surface area contributed by atoms with Gasteiger partial charge in [0.1, 0.15) is 11.4 Å². The minimum absolute atomic E-state index is 0.147. The Morgan fingerprint density at radius 3 is 2.60 bits per heavy atom. The van der Waals surface area contributed by atoms with Crippen LogP contribution in [0.1, 0.15) is 10.4 Å². The van der Waals surface area contributed by atoms with Gasteiger partial charge in [-0.05, 0) is 24.3 Å². The Morgan fingerprint density at radius 2 is 1.83 bits per heavy atom.